The normalized spacial score (nSPS) is 10.2. The predicted octanol–water partition coefficient (Wildman–Crippen LogP) is 1.16. The first-order valence-electron chi connectivity index (χ1n) is 6.68. The van der Waals surface area contributed by atoms with Crippen LogP contribution in [0.1, 0.15) is 5.82 Å². The molecule has 8 heteroatoms. The maximum atomic E-state index is 11.2. The average Bonchev–Trinajstić information content (AvgIpc) is 2.94. The van der Waals surface area contributed by atoms with E-state index in [-0.39, 0.29) is 11.7 Å². The third kappa shape index (κ3) is 4.34. The first-order chi connectivity index (χ1) is 10.7. The number of hydrogen-bond donors (Lipinski definition) is 3. The lowest BCUT2D eigenvalue weighted by atomic mass is 10.3. The van der Waals surface area contributed by atoms with E-state index in [2.05, 4.69) is 27.5 Å². The molecule has 0 atom stereocenters. The number of nitrogens with one attached hydrogen (secondary N) is 2. The lowest BCUT2D eigenvalue weighted by Crippen LogP contribution is -2.31. The summed E-state index contributed by atoms with van der Waals surface area (Å²) in [5, 5.41) is 12.2. The molecule has 0 aliphatic heterocycles. The molecule has 1 heterocycles. The molecule has 0 spiro atoms. The van der Waals surface area contributed by atoms with Crippen molar-refractivity contribution in [2.45, 2.75) is 18.2 Å². The molecule has 1 aromatic heterocycles. The number of carbonyl (C=O) groups is 1. The molecule has 22 heavy (non-hydrogen) atoms. The molecule has 1 amide bonds. The number of rotatable bonds is 8. The smallest absolute Gasteiger partial charge is 0.244 e. The highest BCUT2D eigenvalue weighted by Crippen LogP contribution is 2.17. The van der Waals surface area contributed by atoms with Gasteiger partial charge in [0.15, 0.2) is 11.0 Å². The van der Waals surface area contributed by atoms with Crippen LogP contribution in [0.5, 0.6) is 0 Å². The Morgan fingerprint density at radius 3 is 2.82 bits per heavy atom. The fourth-order valence-corrected chi connectivity index (χ4v) is 2.56. The first kappa shape index (κ1) is 16.1. The summed E-state index contributed by atoms with van der Waals surface area (Å²) in [5.74, 6) is 5.78. The average molecular weight is 318 g/mol. The van der Waals surface area contributed by atoms with Crippen LogP contribution in [0.4, 0.5) is 5.69 Å². The summed E-state index contributed by atoms with van der Waals surface area (Å²) in [6, 6.07) is 9.85. The van der Waals surface area contributed by atoms with Crippen molar-refractivity contribution in [2.24, 2.45) is 5.84 Å². The van der Waals surface area contributed by atoms with Gasteiger partial charge in [0, 0.05) is 12.2 Å². The van der Waals surface area contributed by atoms with Gasteiger partial charge in [0.1, 0.15) is 0 Å². The number of nitrogens with two attached hydrogens (primary N) is 1. The number of thioether (sulfide) groups is 1. The minimum atomic E-state index is -0.262. The molecular formula is C14H18N6OS. The summed E-state index contributed by atoms with van der Waals surface area (Å²) in [5.41, 5.74) is 3.10. The third-order valence-corrected chi connectivity index (χ3v) is 3.79. The molecule has 0 aliphatic rings. The summed E-state index contributed by atoms with van der Waals surface area (Å²) >= 11 is 1.28. The number of anilines is 1. The quantitative estimate of drug-likeness (QED) is 0.222. The summed E-state index contributed by atoms with van der Waals surface area (Å²) in [6.45, 7) is 4.85. The van der Waals surface area contributed by atoms with Crippen LogP contribution in [0.25, 0.3) is 0 Å². The Bertz CT molecular complexity index is 628. The van der Waals surface area contributed by atoms with E-state index in [4.69, 9.17) is 5.84 Å². The van der Waals surface area contributed by atoms with Gasteiger partial charge in [0.2, 0.25) is 5.91 Å². The van der Waals surface area contributed by atoms with Crippen molar-refractivity contribution in [3.63, 3.8) is 0 Å². The van der Waals surface area contributed by atoms with Crippen LogP contribution in [0.2, 0.25) is 0 Å². The number of amides is 1. The minimum absolute atomic E-state index is 0.192. The highest BCUT2D eigenvalue weighted by Gasteiger charge is 2.12. The van der Waals surface area contributed by atoms with Gasteiger partial charge in [-0.2, -0.15) is 0 Å². The first-order valence-corrected chi connectivity index (χ1v) is 7.67. The predicted molar refractivity (Wildman–Crippen MR) is 87.0 cm³/mol. The molecule has 0 saturated carbocycles. The number of benzene rings is 1. The van der Waals surface area contributed by atoms with Gasteiger partial charge in [0.05, 0.1) is 12.3 Å². The molecule has 116 valence electrons. The molecule has 7 nitrogen and oxygen atoms in total. The van der Waals surface area contributed by atoms with Crippen molar-refractivity contribution in [2.75, 3.05) is 11.1 Å². The summed E-state index contributed by atoms with van der Waals surface area (Å²) in [7, 11) is 0. The monoisotopic (exact) mass is 318 g/mol. The van der Waals surface area contributed by atoms with Gasteiger partial charge in [-0.15, -0.1) is 16.8 Å². The number of allylic oxidation sites excluding steroid dienone is 1. The Balaban J connectivity index is 2.05. The largest absolute Gasteiger partial charge is 0.378 e. The van der Waals surface area contributed by atoms with Crippen molar-refractivity contribution in [3.8, 4) is 0 Å². The third-order valence-electron chi connectivity index (χ3n) is 2.82. The van der Waals surface area contributed by atoms with Crippen molar-refractivity contribution in [1.82, 2.24) is 20.2 Å². The second-order valence-corrected chi connectivity index (χ2v) is 5.32. The lowest BCUT2D eigenvalue weighted by molar-refractivity contribution is -0.118. The fourth-order valence-electron chi connectivity index (χ4n) is 1.78. The van der Waals surface area contributed by atoms with Gasteiger partial charge in [-0.3, -0.25) is 10.2 Å². The molecule has 0 bridgehead atoms. The van der Waals surface area contributed by atoms with E-state index in [0.29, 0.717) is 18.2 Å². The van der Waals surface area contributed by atoms with Crippen molar-refractivity contribution in [3.05, 3.63) is 48.8 Å². The van der Waals surface area contributed by atoms with Gasteiger partial charge < -0.3 is 9.88 Å². The summed E-state index contributed by atoms with van der Waals surface area (Å²) < 4.78 is 1.91. The number of para-hydroxylation sites is 1. The summed E-state index contributed by atoms with van der Waals surface area (Å²) in [4.78, 5) is 11.2. The van der Waals surface area contributed by atoms with E-state index < -0.39 is 0 Å². The Kier molecular flexibility index (Phi) is 5.99. The molecule has 2 rings (SSSR count). The Labute approximate surface area is 133 Å². The van der Waals surface area contributed by atoms with E-state index in [1.165, 1.54) is 11.8 Å². The van der Waals surface area contributed by atoms with E-state index in [9.17, 15) is 4.79 Å². The number of nitrogens with zero attached hydrogens (tertiary/aromatic N) is 3. The van der Waals surface area contributed by atoms with Crippen LogP contribution >= 0.6 is 11.8 Å². The zero-order valence-corrected chi connectivity index (χ0v) is 12.8. The maximum Gasteiger partial charge on any atom is 0.244 e. The van der Waals surface area contributed by atoms with Gasteiger partial charge in [-0.25, -0.2) is 5.84 Å². The molecular weight excluding hydrogens is 300 g/mol. The van der Waals surface area contributed by atoms with Gasteiger partial charge >= 0.3 is 0 Å². The molecule has 1 aromatic carbocycles. The van der Waals surface area contributed by atoms with Gasteiger partial charge in [0.25, 0.3) is 0 Å². The number of hydrazine groups is 1. The SMILES string of the molecule is C=CCn1c(CNc2ccccc2)nnc1SCC(=O)NN. The van der Waals surface area contributed by atoms with Gasteiger partial charge in [-0.05, 0) is 12.1 Å². The second kappa shape index (κ2) is 8.20. The molecule has 0 unspecified atom stereocenters. The standard InChI is InChI=1S/C14H18N6OS/c1-2-8-20-12(9-16-11-6-4-3-5-7-11)18-19-14(20)22-10-13(21)17-15/h2-7,16H,1,8-10,15H2,(H,17,21). The summed E-state index contributed by atoms with van der Waals surface area (Å²) in [6.07, 6.45) is 1.77. The van der Waals surface area contributed by atoms with Crippen LogP contribution < -0.4 is 16.6 Å². The zero-order valence-electron chi connectivity index (χ0n) is 12.0. The van der Waals surface area contributed by atoms with Gasteiger partial charge in [-0.1, -0.05) is 36.0 Å². The molecule has 4 N–H and O–H groups in total. The van der Waals surface area contributed by atoms with Crippen LogP contribution in [0.15, 0.2) is 48.1 Å². The highest BCUT2D eigenvalue weighted by molar-refractivity contribution is 7.99. The zero-order chi connectivity index (χ0) is 15.8. The van der Waals surface area contributed by atoms with Crippen LogP contribution in [-0.2, 0) is 17.9 Å². The van der Waals surface area contributed by atoms with E-state index in [1.807, 2.05) is 34.9 Å². The second-order valence-electron chi connectivity index (χ2n) is 4.37. The van der Waals surface area contributed by atoms with Crippen LogP contribution in [-0.4, -0.2) is 26.4 Å². The minimum Gasteiger partial charge on any atom is -0.378 e. The number of aromatic nitrogens is 3. The Morgan fingerprint density at radius 2 is 2.14 bits per heavy atom. The van der Waals surface area contributed by atoms with Crippen LogP contribution in [0.3, 0.4) is 0 Å². The number of hydrogen-bond acceptors (Lipinski definition) is 6. The number of carbonyl (C=O) groups excluding carboxylic acids is 1. The highest BCUT2D eigenvalue weighted by atomic mass is 32.2. The molecule has 0 fully saturated rings. The Hall–Kier alpha value is -2.32. The molecule has 0 aliphatic carbocycles. The van der Waals surface area contributed by atoms with Crippen LogP contribution in [0, 0.1) is 0 Å². The van der Waals surface area contributed by atoms with Crippen molar-refractivity contribution < 1.29 is 4.79 Å². The van der Waals surface area contributed by atoms with E-state index >= 15 is 0 Å². The Morgan fingerprint density at radius 1 is 1.36 bits per heavy atom. The van der Waals surface area contributed by atoms with E-state index in [0.717, 1.165) is 11.5 Å². The van der Waals surface area contributed by atoms with E-state index in [1.54, 1.807) is 6.08 Å². The fraction of sp³-hybridized carbons (Fsp3) is 0.214. The maximum absolute atomic E-state index is 11.2. The topological polar surface area (TPSA) is 97.9 Å². The van der Waals surface area contributed by atoms with Crippen molar-refractivity contribution >= 4 is 23.4 Å². The van der Waals surface area contributed by atoms with Crippen molar-refractivity contribution in [1.29, 1.82) is 0 Å². The molecule has 0 saturated heterocycles. The lowest BCUT2D eigenvalue weighted by Gasteiger charge is -2.09. The molecule has 2 aromatic rings. The molecule has 0 radical (unpaired) electrons.